The van der Waals surface area contributed by atoms with Crippen molar-refractivity contribution in [2.24, 2.45) is 0 Å². The SMILES string of the molecule is CC(=O)NC1=C(Cl)C(=O)C=C(Cl)C1=O. The molecule has 0 spiro atoms. The molecule has 1 amide bonds. The fourth-order valence-electron chi connectivity index (χ4n) is 0.874. The lowest BCUT2D eigenvalue weighted by Crippen LogP contribution is -2.29. The standard InChI is InChI=1S/C8H5Cl2NO3/c1-3(12)11-7-6(10)5(13)2-4(9)8(7)14/h2H,1H3,(H,11,12). The number of allylic oxidation sites excluding steroid dienone is 3. The molecule has 0 saturated heterocycles. The molecule has 1 aliphatic rings. The molecule has 0 unspecified atom stereocenters. The van der Waals surface area contributed by atoms with Gasteiger partial charge in [0.15, 0.2) is 0 Å². The number of ketones is 2. The summed E-state index contributed by atoms with van der Waals surface area (Å²) in [5.41, 5.74) is -0.267. The summed E-state index contributed by atoms with van der Waals surface area (Å²) in [5, 5.41) is 1.57. The number of nitrogens with one attached hydrogen (secondary N) is 1. The molecular formula is C8H5Cl2NO3. The Kier molecular flexibility index (Phi) is 3.08. The van der Waals surface area contributed by atoms with Gasteiger partial charge in [0.2, 0.25) is 17.5 Å². The van der Waals surface area contributed by atoms with E-state index in [0.717, 1.165) is 6.08 Å². The first-order valence-corrected chi connectivity index (χ1v) is 4.32. The lowest BCUT2D eigenvalue weighted by atomic mass is 10.1. The van der Waals surface area contributed by atoms with Crippen molar-refractivity contribution in [1.82, 2.24) is 5.32 Å². The van der Waals surface area contributed by atoms with E-state index >= 15 is 0 Å². The number of carbonyl (C=O) groups is 3. The monoisotopic (exact) mass is 233 g/mol. The summed E-state index contributed by atoms with van der Waals surface area (Å²) in [6, 6.07) is 0. The van der Waals surface area contributed by atoms with Gasteiger partial charge in [-0.25, -0.2) is 0 Å². The highest BCUT2D eigenvalue weighted by Crippen LogP contribution is 2.22. The minimum atomic E-state index is -0.661. The third-order valence-electron chi connectivity index (χ3n) is 1.44. The van der Waals surface area contributed by atoms with Crippen molar-refractivity contribution in [2.75, 3.05) is 0 Å². The summed E-state index contributed by atoms with van der Waals surface area (Å²) in [5.74, 6) is -1.75. The van der Waals surface area contributed by atoms with Crippen molar-refractivity contribution >= 4 is 40.7 Å². The van der Waals surface area contributed by atoms with Gasteiger partial charge in [0.1, 0.15) is 10.7 Å². The number of carbonyl (C=O) groups excluding carboxylic acids is 3. The van der Waals surface area contributed by atoms with E-state index < -0.39 is 17.5 Å². The lowest BCUT2D eigenvalue weighted by molar-refractivity contribution is -0.120. The van der Waals surface area contributed by atoms with Gasteiger partial charge < -0.3 is 5.32 Å². The maximum absolute atomic E-state index is 11.3. The van der Waals surface area contributed by atoms with E-state index in [0.29, 0.717) is 0 Å². The van der Waals surface area contributed by atoms with Crippen molar-refractivity contribution in [3.05, 3.63) is 21.8 Å². The van der Waals surface area contributed by atoms with Gasteiger partial charge in [-0.1, -0.05) is 23.2 Å². The molecular weight excluding hydrogens is 229 g/mol. The molecule has 6 heteroatoms. The molecule has 74 valence electrons. The molecule has 0 bridgehead atoms. The number of Topliss-reactive ketones (excluding diaryl/α,β-unsaturated/α-hetero) is 1. The summed E-state index contributed by atoms with van der Waals surface area (Å²) in [7, 11) is 0. The second kappa shape index (κ2) is 3.94. The first kappa shape index (κ1) is 10.9. The van der Waals surface area contributed by atoms with Gasteiger partial charge in [-0.2, -0.15) is 0 Å². The fraction of sp³-hybridized carbons (Fsp3) is 0.125. The number of rotatable bonds is 1. The third-order valence-corrected chi connectivity index (χ3v) is 2.09. The number of hydrogen-bond acceptors (Lipinski definition) is 3. The quantitative estimate of drug-likeness (QED) is 0.684. The van der Waals surface area contributed by atoms with Crippen LogP contribution < -0.4 is 5.32 Å². The van der Waals surface area contributed by atoms with Crippen LogP contribution in [0.25, 0.3) is 0 Å². The van der Waals surface area contributed by atoms with E-state index in [1.54, 1.807) is 0 Å². The lowest BCUT2D eigenvalue weighted by Gasteiger charge is -2.11. The first-order chi connectivity index (χ1) is 6.43. The van der Waals surface area contributed by atoms with Crippen molar-refractivity contribution in [2.45, 2.75) is 6.92 Å². The molecule has 0 radical (unpaired) electrons. The molecule has 0 aliphatic heterocycles. The molecule has 0 fully saturated rings. The van der Waals surface area contributed by atoms with Crippen LogP contribution in [0.3, 0.4) is 0 Å². The maximum atomic E-state index is 11.3. The number of halogens is 2. The Bertz CT molecular complexity index is 395. The van der Waals surface area contributed by atoms with Crippen LogP contribution in [0.4, 0.5) is 0 Å². The molecule has 1 rings (SSSR count). The minimum absolute atomic E-state index is 0.261. The summed E-state index contributed by atoms with van der Waals surface area (Å²) < 4.78 is 0. The van der Waals surface area contributed by atoms with Gasteiger partial charge in [-0.15, -0.1) is 0 Å². The summed E-state index contributed by atoms with van der Waals surface area (Å²) in [6.07, 6.45) is 0.914. The smallest absolute Gasteiger partial charge is 0.222 e. The van der Waals surface area contributed by atoms with E-state index in [-0.39, 0.29) is 15.8 Å². The Balaban J connectivity index is 3.12. The maximum Gasteiger partial charge on any atom is 0.222 e. The molecule has 0 aromatic rings. The molecule has 0 atom stereocenters. The summed E-state index contributed by atoms with van der Waals surface area (Å²) in [4.78, 5) is 33.1. The van der Waals surface area contributed by atoms with E-state index in [1.165, 1.54) is 6.92 Å². The third kappa shape index (κ3) is 2.02. The van der Waals surface area contributed by atoms with Gasteiger partial charge in [-0.3, -0.25) is 14.4 Å². The zero-order chi connectivity index (χ0) is 10.9. The highest BCUT2D eigenvalue weighted by atomic mass is 35.5. The van der Waals surface area contributed by atoms with Crippen LogP contribution in [0, 0.1) is 0 Å². The molecule has 4 nitrogen and oxygen atoms in total. The molecule has 1 aliphatic carbocycles. The van der Waals surface area contributed by atoms with E-state index in [1.807, 2.05) is 0 Å². The van der Waals surface area contributed by atoms with Crippen LogP contribution in [0.2, 0.25) is 0 Å². The zero-order valence-electron chi connectivity index (χ0n) is 7.06. The van der Waals surface area contributed by atoms with Crippen LogP contribution in [0.15, 0.2) is 21.8 Å². The van der Waals surface area contributed by atoms with Crippen molar-refractivity contribution in [3.63, 3.8) is 0 Å². The highest BCUT2D eigenvalue weighted by molar-refractivity contribution is 6.55. The largest absolute Gasteiger partial charge is 0.322 e. The van der Waals surface area contributed by atoms with Gasteiger partial charge >= 0.3 is 0 Å². The van der Waals surface area contributed by atoms with Gasteiger partial charge in [-0.05, 0) is 0 Å². The molecule has 1 N–H and O–H groups in total. The van der Waals surface area contributed by atoms with Crippen molar-refractivity contribution in [3.8, 4) is 0 Å². The first-order valence-electron chi connectivity index (χ1n) is 3.57. The fourth-order valence-corrected chi connectivity index (χ4v) is 1.26. The highest BCUT2D eigenvalue weighted by Gasteiger charge is 2.27. The molecule has 0 heterocycles. The van der Waals surface area contributed by atoms with Gasteiger partial charge in [0.05, 0.1) is 5.03 Å². The van der Waals surface area contributed by atoms with E-state index in [2.05, 4.69) is 5.32 Å². The summed E-state index contributed by atoms with van der Waals surface area (Å²) in [6.45, 7) is 1.20. The number of hydrogen-bond donors (Lipinski definition) is 1. The predicted molar refractivity (Wildman–Crippen MR) is 50.6 cm³/mol. The Morgan fingerprint density at radius 3 is 2.43 bits per heavy atom. The topological polar surface area (TPSA) is 63.2 Å². The van der Waals surface area contributed by atoms with Crippen LogP contribution >= 0.6 is 23.2 Å². The Morgan fingerprint density at radius 2 is 1.93 bits per heavy atom. The van der Waals surface area contributed by atoms with Gasteiger partial charge in [0, 0.05) is 13.0 Å². The minimum Gasteiger partial charge on any atom is -0.322 e. The Hall–Kier alpha value is -1.13. The molecule has 0 saturated carbocycles. The van der Waals surface area contributed by atoms with Crippen molar-refractivity contribution in [1.29, 1.82) is 0 Å². The molecule has 0 aromatic heterocycles. The zero-order valence-corrected chi connectivity index (χ0v) is 8.57. The average molecular weight is 234 g/mol. The second-order valence-corrected chi connectivity index (χ2v) is 3.34. The number of amides is 1. The summed E-state index contributed by atoms with van der Waals surface area (Å²) >= 11 is 11.0. The normalized spacial score (nSPS) is 16.9. The van der Waals surface area contributed by atoms with Gasteiger partial charge in [0.25, 0.3) is 0 Å². The van der Waals surface area contributed by atoms with Crippen LogP contribution in [-0.2, 0) is 14.4 Å². The molecule has 14 heavy (non-hydrogen) atoms. The van der Waals surface area contributed by atoms with Crippen LogP contribution in [0.5, 0.6) is 0 Å². The van der Waals surface area contributed by atoms with E-state index in [9.17, 15) is 14.4 Å². The Labute approximate surface area is 89.5 Å². The van der Waals surface area contributed by atoms with Crippen molar-refractivity contribution < 1.29 is 14.4 Å². The van der Waals surface area contributed by atoms with E-state index in [4.69, 9.17) is 23.2 Å². The average Bonchev–Trinajstić information content (AvgIpc) is 2.09. The van der Waals surface area contributed by atoms with Crippen LogP contribution in [-0.4, -0.2) is 17.5 Å². The molecule has 0 aromatic carbocycles. The Morgan fingerprint density at radius 1 is 1.36 bits per heavy atom. The second-order valence-electron chi connectivity index (χ2n) is 2.56. The van der Waals surface area contributed by atoms with Crippen LogP contribution in [0.1, 0.15) is 6.92 Å². The predicted octanol–water partition coefficient (Wildman–Crippen LogP) is 0.847.